The number of amides is 1. The first-order valence-corrected chi connectivity index (χ1v) is 7.13. The summed E-state index contributed by atoms with van der Waals surface area (Å²) >= 11 is 3.09. The van der Waals surface area contributed by atoms with Crippen LogP contribution in [0.25, 0.3) is 0 Å². The van der Waals surface area contributed by atoms with Crippen LogP contribution in [-0.2, 0) is 4.79 Å². The molecule has 1 atom stereocenters. The average Bonchev–Trinajstić information content (AvgIpc) is 2.42. The molecule has 0 saturated carbocycles. The van der Waals surface area contributed by atoms with Gasteiger partial charge in [0.15, 0.2) is 0 Å². The Hall–Kier alpha value is -1.96. The first-order chi connectivity index (χ1) is 9.86. The number of nitrogens with one attached hydrogen (secondary N) is 1. The van der Waals surface area contributed by atoms with E-state index in [4.69, 9.17) is 5.11 Å². The molecule has 2 N–H and O–H groups in total. The number of carbonyl (C=O) groups is 2. The minimum absolute atomic E-state index is 0.161. The molecule has 0 aliphatic carbocycles. The van der Waals surface area contributed by atoms with Crippen LogP contribution in [-0.4, -0.2) is 27.9 Å². The molecule has 1 amide bonds. The Bertz CT molecular complexity index is 561. The Labute approximate surface area is 129 Å². The zero-order chi connectivity index (χ0) is 16.0. The number of carboxylic acid groups (broad SMARTS) is 1. The van der Waals surface area contributed by atoms with Gasteiger partial charge >= 0.3 is 5.97 Å². The fraction of sp³-hybridized carbons (Fsp3) is 0.385. The first-order valence-electron chi connectivity index (χ1n) is 6.34. The van der Waals surface area contributed by atoms with Crippen LogP contribution < -0.4 is 5.32 Å². The largest absolute Gasteiger partial charge is 0.480 e. The van der Waals surface area contributed by atoms with Crippen molar-refractivity contribution < 1.29 is 19.6 Å². The van der Waals surface area contributed by atoms with E-state index in [0.29, 0.717) is 10.9 Å². The summed E-state index contributed by atoms with van der Waals surface area (Å²) < 4.78 is 0.464. The van der Waals surface area contributed by atoms with Crippen LogP contribution in [0.15, 0.2) is 22.7 Å². The summed E-state index contributed by atoms with van der Waals surface area (Å²) in [5.41, 5.74) is -0.535. The molecule has 0 fully saturated rings. The zero-order valence-corrected chi connectivity index (χ0v) is 12.9. The van der Waals surface area contributed by atoms with Crippen LogP contribution in [0, 0.1) is 10.1 Å². The molecule has 0 heterocycles. The SMILES string of the molecule is CCCCC(NC(=O)c1ccc(Br)cc1[N+](=O)[O-])C(=O)O. The molecular weight excluding hydrogens is 344 g/mol. The summed E-state index contributed by atoms with van der Waals surface area (Å²) in [5, 5.41) is 22.3. The van der Waals surface area contributed by atoms with Crippen LogP contribution in [0.3, 0.4) is 0 Å². The maximum absolute atomic E-state index is 12.1. The molecule has 21 heavy (non-hydrogen) atoms. The van der Waals surface area contributed by atoms with Gasteiger partial charge in [-0.15, -0.1) is 0 Å². The predicted octanol–water partition coefficient (Wildman–Crippen LogP) is 2.73. The van der Waals surface area contributed by atoms with Crippen molar-refractivity contribution in [2.24, 2.45) is 0 Å². The van der Waals surface area contributed by atoms with Crippen molar-refractivity contribution in [3.63, 3.8) is 0 Å². The summed E-state index contributed by atoms with van der Waals surface area (Å²) in [7, 11) is 0. The molecular formula is C13H15BrN2O5. The van der Waals surface area contributed by atoms with Crippen LogP contribution >= 0.6 is 15.9 Å². The van der Waals surface area contributed by atoms with Gasteiger partial charge in [-0.05, 0) is 18.6 Å². The van der Waals surface area contributed by atoms with E-state index >= 15 is 0 Å². The van der Waals surface area contributed by atoms with E-state index in [-0.39, 0.29) is 17.7 Å². The number of halogens is 1. The predicted molar refractivity (Wildman–Crippen MR) is 79.2 cm³/mol. The van der Waals surface area contributed by atoms with E-state index in [1.807, 2.05) is 6.92 Å². The third kappa shape index (κ3) is 4.82. The lowest BCUT2D eigenvalue weighted by Crippen LogP contribution is -2.40. The highest BCUT2D eigenvalue weighted by molar-refractivity contribution is 9.10. The Morgan fingerprint density at radius 2 is 2.14 bits per heavy atom. The van der Waals surface area contributed by atoms with Crippen LogP contribution in [0.1, 0.15) is 36.5 Å². The number of aliphatic carboxylic acids is 1. The number of rotatable bonds is 7. The highest BCUT2D eigenvalue weighted by Gasteiger charge is 2.25. The van der Waals surface area contributed by atoms with Gasteiger partial charge in [0.1, 0.15) is 11.6 Å². The standard InChI is InChI=1S/C13H15BrN2O5/c1-2-3-4-10(13(18)19)15-12(17)9-6-5-8(14)7-11(9)16(20)21/h5-7,10H,2-4H2,1H3,(H,15,17)(H,18,19). The van der Waals surface area contributed by atoms with Crippen molar-refractivity contribution in [2.45, 2.75) is 32.2 Å². The molecule has 1 unspecified atom stereocenters. The Kier molecular flexibility index (Phi) is 6.29. The molecule has 0 spiro atoms. The lowest BCUT2D eigenvalue weighted by Gasteiger charge is -2.14. The summed E-state index contributed by atoms with van der Waals surface area (Å²) in [4.78, 5) is 33.4. The van der Waals surface area contributed by atoms with Crippen molar-refractivity contribution in [3.8, 4) is 0 Å². The summed E-state index contributed by atoms with van der Waals surface area (Å²) in [6.45, 7) is 1.90. The molecule has 7 nitrogen and oxygen atoms in total. The maximum Gasteiger partial charge on any atom is 0.326 e. The number of nitro groups is 1. The zero-order valence-electron chi connectivity index (χ0n) is 11.3. The van der Waals surface area contributed by atoms with Crippen LogP contribution in [0.5, 0.6) is 0 Å². The van der Waals surface area contributed by atoms with Gasteiger partial charge in [-0.3, -0.25) is 14.9 Å². The molecule has 0 aliphatic rings. The smallest absolute Gasteiger partial charge is 0.326 e. The molecule has 0 aromatic heterocycles. The summed E-state index contributed by atoms with van der Waals surface area (Å²) in [6, 6.07) is 2.93. The Morgan fingerprint density at radius 3 is 2.67 bits per heavy atom. The van der Waals surface area contributed by atoms with Gasteiger partial charge < -0.3 is 10.4 Å². The Balaban J connectivity index is 2.97. The molecule has 0 radical (unpaired) electrons. The molecule has 0 saturated heterocycles. The summed E-state index contributed by atoms with van der Waals surface area (Å²) in [5.74, 6) is -1.92. The van der Waals surface area contributed by atoms with Gasteiger partial charge in [-0.25, -0.2) is 4.79 Å². The fourth-order valence-electron chi connectivity index (χ4n) is 1.75. The van der Waals surface area contributed by atoms with E-state index in [0.717, 1.165) is 6.42 Å². The van der Waals surface area contributed by atoms with Gasteiger partial charge in [0.2, 0.25) is 0 Å². The second kappa shape index (κ2) is 7.72. The molecule has 0 bridgehead atoms. The lowest BCUT2D eigenvalue weighted by molar-refractivity contribution is -0.385. The number of hydrogen-bond donors (Lipinski definition) is 2. The maximum atomic E-state index is 12.1. The fourth-order valence-corrected chi connectivity index (χ4v) is 2.10. The number of nitro benzene ring substituents is 1. The summed E-state index contributed by atoms with van der Waals surface area (Å²) in [6.07, 6.45) is 1.71. The number of nitrogens with zero attached hydrogens (tertiary/aromatic N) is 1. The average molecular weight is 359 g/mol. The number of benzene rings is 1. The monoisotopic (exact) mass is 358 g/mol. The highest BCUT2D eigenvalue weighted by atomic mass is 79.9. The van der Waals surface area contributed by atoms with E-state index in [2.05, 4.69) is 21.2 Å². The number of carbonyl (C=O) groups excluding carboxylic acids is 1. The number of carboxylic acids is 1. The van der Waals surface area contributed by atoms with Crippen molar-refractivity contribution in [1.29, 1.82) is 0 Å². The normalized spacial score (nSPS) is 11.7. The quantitative estimate of drug-likeness (QED) is 0.575. The molecule has 1 aromatic rings. The van der Waals surface area contributed by atoms with Gasteiger partial charge in [0, 0.05) is 10.5 Å². The van der Waals surface area contributed by atoms with Crippen molar-refractivity contribution >= 4 is 33.5 Å². The van der Waals surface area contributed by atoms with Gasteiger partial charge in [0.25, 0.3) is 11.6 Å². The minimum atomic E-state index is -1.16. The topological polar surface area (TPSA) is 110 Å². The van der Waals surface area contributed by atoms with E-state index in [9.17, 15) is 19.7 Å². The van der Waals surface area contributed by atoms with Gasteiger partial charge in [-0.2, -0.15) is 0 Å². The van der Waals surface area contributed by atoms with Gasteiger partial charge in [0.05, 0.1) is 4.92 Å². The van der Waals surface area contributed by atoms with E-state index < -0.39 is 22.8 Å². The number of hydrogen-bond acceptors (Lipinski definition) is 4. The second-order valence-electron chi connectivity index (χ2n) is 4.43. The molecule has 8 heteroatoms. The van der Waals surface area contributed by atoms with Crippen molar-refractivity contribution in [2.75, 3.05) is 0 Å². The van der Waals surface area contributed by atoms with Crippen LogP contribution in [0.4, 0.5) is 5.69 Å². The number of unbranched alkanes of at least 4 members (excludes halogenated alkanes) is 1. The minimum Gasteiger partial charge on any atom is -0.480 e. The van der Waals surface area contributed by atoms with Crippen molar-refractivity contribution in [3.05, 3.63) is 38.3 Å². The molecule has 114 valence electrons. The molecule has 0 aliphatic heterocycles. The van der Waals surface area contributed by atoms with Crippen molar-refractivity contribution in [1.82, 2.24) is 5.32 Å². The second-order valence-corrected chi connectivity index (χ2v) is 5.34. The molecule has 1 rings (SSSR count). The van der Waals surface area contributed by atoms with E-state index in [1.54, 1.807) is 0 Å². The Morgan fingerprint density at radius 1 is 1.48 bits per heavy atom. The van der Waals surface area contributed by atoms with Gasteiger partial charge in [-0.1, -0.05) is 35.7 Å². The third-order valence-corrected chi connectivity index (χ3v) is 3.34. The van der Waals surface area contributed by atoms with E-state index in [1.165, 1.54) is 18.2 Å². The lowest BCUT2D eigenvalue weighted by atomic mass is 10.1. The van der Waals surface area contributed by atoms with Crippen LogP contribution in [0.2, 0.25) is 0 Å². The third-order valence-electron chi connectivity index (χ3n) is 2.85. The first kappa shape index (κ1) is 17.1. The highest BCUT2D eigenvalue weighted by Crippen LogP contribution is 2.23. The molecule has 1 aromatic carbocycles.